The SMILES string of the molecule is c1ccc(N(c2ccccc2)c2ccc3c(-c4ccc5ccccc5c4)c4cc(N(c5ccccc5)c5ccccc5)ccc4c(-c4cc(-c5cccc6ccccc56)cc(-c5ccc(-c6cccc7ccccc67)c6c(-c7cccc8ccccc78)cccc56)c4)c3c2)cc1. The Bertz CT molecular complexity index is 5840. The van der Waals surface area contributed by atoms with Gasteiger partial charge in [0.25, 0.3) is 0 Å². The smallest absolute Gasteiger partial charge is 0.0468 e. The van der Waals surface area contributed by atoms with Crippen LogP contribution in [0.4, 0.5) is 34.1 Å². The molecule has 0 aliphatic rings. The van der Waals surface area contributed by atoms with Gasteiger partial charge in [-0.15, -0.1) is 0 Å². The van der Waals surface area contributed by atoms with E-state index < -0.39 is 0 Å². The Morgan fingerprint density at radius 2 is 0.490 bits per heavy atom. The summed E-state index contributed by atoms with van der Waals surface area (Å²) in [6, 6.07) is 139. The second kappa shape index (κ2) is 23.8. The van der Waals surface area contributed by atoms with Crippen molar-refractivity contribution in [3.05, 3.63) is 376 Å². The van der Waals surface area contributed by atoms with Crippen molar-refractivity contribution in [1.82, 2.24) is 0 Å². The minimum atomic E-state index is 1.06. The molecule has 0 fully saturated rings. The Kier molecular flexibility index (Phi) is 13.9. The van der Waals surface area contributed by atoms with Crippen molar-refractivity contribution in [2.45, 2.75) is 0 Å². The average Bonchev–Trinajstić information content (AvgIpc) is 0.742. The molecule has 0 amide bonds. The number of para-hydroxylation sites is 4. The Labute approximate surface area is 558 Å². The molecule has 18 aromatic carbocycles. The molecular weight excluding hydrogens is 1160 g/mol. The first kappa shape index (κ1) is 56.2. The van der Waals surface area contributed by atoms with E-state index in [2.05, 4.69) is 386 Å². The molecule has 0 bridgehead atoms. The molecule has 448 valence electrons. The minimum Gasteiger partial charge on any atom is -0.310 e. The highest BCUT2D eigenvalue weighted by atomic mass is 15.1. The van der Waals surface area contributed by atoms with Crippen LogP contribution < -0.4 is 9.80 Å². The van der Waals surface area contributed by atoms with E-state index in [1.165, 1.54) is 87.2 Å². The Morgan fingerprint density at radius 1 is 0.146 bits per heavy atom. The second-order valence-electron chi connectivity index (χ2n) is 25.1. The van der Waals surface area contributed by atoms with Crippen molar-refractivity contribution in [1.29, 1.82) is 0 Å². The van der Waals surface area contributed by atoms with E-state index in [1.54, 1.807) is 0 Å². The van der Waals surface area contributed by atoms with Gasteiger partial charge in [0, 0.05) is 34.1 Å². The van der Waals surface area contributed by atoms with Crippen LogP contribution in [0.25, 0.3) is 142 Å². The Balaban J connectivity index is 0.986. The molecule has 2 nitrogen and oxygen atoms in total. The van der Waals surface area contributed by atoms with E-state index in [4.69, 9.17) is 0 Å². The van der Waals surface area contributed by atoms with E-state index >= 15 is 0 Å². The largest absolute Gasteiger partial charge is 0.310 e. The minimum absolute atomic E-state index is 1.06. The summed E-state index contributed by atoms with van der Waals surface area (Å²) in [5.41, 5.74) is 20.5. The number of nitrogens with zero attached hydrogens (tertiary/aromatic N) is 2. The quantitative estimate of drug-likeness (QED) is 0.113. The van der Waals surface area contributed by atoms with Gasteiger partial charge in [0.05, 0.1) is 0 Å². The molecule has 0 atom stereocenters. The van der Waals surface area contributed by atoms with Gasteiger partial charge in [-0.2, -0.15) is 0 Å². The molecule has 0 saturated carbocycles. The molecule has 0 N–H and O–H groups in total. The highest BCUT2D eigenvalue weighted by Crippen LogP contribution is 2.52. The zero-order valence-electron chi connectivity index (χ0n) is 52.7. The molecule has 0 saturated heterocycles. The first-order valence-corrected chi connectivity index (χ1v) is 33.1. The first-order chi connectivity index (χ1) is 47.6. The van der Waals surface area contributed by atoms with Crippen LogP contribution in [0.1, 0.15) is 0 Å². The van der Waals surface area contributed by atoms with Crippen molar-refractivity contribution < 1.29 is 0 Å². The zero-order chi connectivity index (χ0) is 63.5. The Morgan fingerprint density at radius 3 is 0.990 bits per heavy atom. The van der Waals surface area contributed by atoms with Crippen LogP contribution in [0.3, 0.4) is 0 Å². The highest BCUT2D eigenvalue weighted by Gasteiger charge is 2.25. The maximum Gasteiger partial charge on any atom is 0.0468 e. The van der Waals surface area contributed by atoms with Crippen LogP contribution in [0.5, 0.6) is 0 Å². The fourth-order valence-electron chi connectivity index (χ4n) is 15.2. The fourth-order valence-corrected chi connectivity index (χ4v) is 15.2. The van der Waals surface area contributed by atoms with Gasteiger partial charge in [0.2, 0.25) is 0 Å². The van der Waals surface area contributed by atoms with E-state index in [0.29, 0.717) is 0 Å². The van der Waals surface area contributed by atoms with Gasteiger partial charge < -0.3 is 9.80 Å². The Hall–Kier alpha value is -12.6. The molecule has 0 aliphatic carbocycles. The van der Waals surface area contributed by atoms with Crippen molar-refractivity contribution in [2.24, 2.45) is 0 Å². The van der Waals surface area contributed by atoms with Gasteiger partial charge in [0.15, 0.2) is 0 Å². The lowest BCUT2D eigenvalue weighted by Gasteiger charge is -2.28. The van der Waals surface area contributed by atoms with Gasteiger partial charge in [-0.05, 0) is 239 Å². The molecule has 2 heteroatoms. The summed E-state index contributed by atoms with van der Waals surface area (Å²) >= 11 is 0. The lowest BCUT2D eigenvalue weighted by molar-refractivity contribution is 1.29. The van der Waals surface area contributed by atoms with Gasteiger partial charge in [-0.25, -0.2) is 0 Å². The molecule has 0 spiro atoms. The van der Waals surface area contributed by atoms with Crippen molar-refractivity contribution in [2.75, 3.05) is 9.80 Å². The monoisotopic (exact) mass is 1220 g/mol. The van der Waals surface area contributed by atoms with Crippen LogP contribution >= 0.6 is 0 Å². The zero-order valence-corrected chi connectivity index (χ0v) is 52.7. The van der Waals surface area contributed by atoms with Gasteiger partial charge in [0.1, 0.15) is 0 Å². The standard InChI is InChI=1S/C94H62N2/c1-5-33-72(34-6-1)95(73-35-7-2-8-36-73)76-52-54-89-90(61-76)92(68-50-49-63-25-13-14-29-67(63)57-68)88-53-51-77(96(74-37-9-3-10-38-74)75-39-11-4-12-40-75)62-91(88)93(89)71-59-69(81-44-21-30-64-26-15-18-41-78(64)81)58-70(60-71)82-55-56-87(84-46-23-32-66-28-17-20-43-80(66)84)94-85(82)47-24-48-86(94)83-45-22-31-65-27-16-19-42-79(65)83/h1-62H. The number of rotatable bonds is 12. The van der Waals surface area contributed by atoms with Crippen molar-refractivity contribution >= 4 is 110 Å². The van der Waals surface area contributed by atoms with Crippen LogP contribution in [0.2, 0.25) is 0 Å². The van der Waals surface area contributed by atoms with Crippen LogP contribution in [0.15, 0.2) is 376 Å². The molecule has 18 rings (SSSR count). The second-order valence-corrected chi connectivity index (χ2v) is 25.1. The first-order valence-electron chi connectivity index (χ1n) is 33.1. The molecule has 18 aromatic rings. The molecule has 0 heterocycles. The summed E-state index contributed by atoms with van der Waals surface area (Å²) in [6.07, 6.45) is 0. The summed E-state index contributed by atoms with van der Waals surface area (Å²) < 4.78 is 0. The lowest BCUT2D eigenvalue weighted by atomic mass is 9.82. The van der Waals surface area contributed by atoms with Crippen LogP contribution in [-0.4, -0.2) is 0 Å². The van der Waals surface area contributed by atoms with E-state index in [1.807, 2.05) is 0 Å². The van der Waals surface area contributed by atoms with Crippen LogP contribution in [0, 0.1) is 0 Å². The maximum absolute atomic E-state index is 2.50. The van der Waals surface area contributed by atoms with Crippen molar-refractivity contribution in [3.63, 3.8) is 0 Å². The fraction of sp³-hybridized carbons (Fsp3) is 0. The normalized spacial score (nSPS) is 11.5. The van der Waals surface area contributed by atoms with Gasteiger partial charge in [-0.1, -0.05) is 279 Å². The molecule has 0 radical (unpaired) electrons. The molecule has 0 aromatic heterocycles. The molecule has 0 aliphatic heterocycles. The number of anilines is 6. The van der Waals surface area contributed by atoms with Crippen molar-refractivity contribution in [3.8, 4) is 66.8 Å². The third-order valence-corrected chi connectivity index (χ3v) is 19.5. The summed E-state index contributed by atoms with van der Waals surface area (Å²) in [7, 11) is 0. The van der Waals surface area contributed by atoms with Gasteiger partial charge in [-0.3, -0.25) is 0 Å². The van der Waals surface area contributed by atoms with E-state index in [9.17, 15) is 0 Å². The third kappa shape index (κ3) is 9.82. The molecule has 96 heavy (non-hydrogen) atoms. The average molecular weight is 1220 g/mol. The highest BCUT2D eigenvalue weighted by molar-refractivity contribution is 6.24. The van der Waals surface area contributed by atoms with Crippen LogP contribution in [-0.2, 0) is 0 Å². The molecule has 0 unspecified atom stereocenters. The number of fused-ring (bicyclic) bond motifs is 7. The predicted molar refractivity (Wildman–Crippen MR) is 411 cm³/mol. The lowest BCUT2D eigenvalue weighted by Crippen LogP contribution is -2.10. The summed E-state index contributed by atoms with van der Waals surface area (Å²) in [5, 5.41) is 16.7. The topological polar surface area (TPSA) is 6.48 Å². The number of hydrogen-bond acceptors (Lipinski definition) is 2. The maximum atomic E-state index is 2.50. The van der Waals surface area contributed by atoms with E-state index in [-0.39, 0.29) is 0 Å². The predicted octanol–water partition coefficient (Wildman–Crippen LogP) is 26.7. The summed E-state index contributed by atoms with van der Waals surface area (Å²) in [4.78, 5) is 4.80. The molecular formula is C94H62N2. The van der Waals surface area contributed by atoms with E-state index in [0.717, 1.165) is 89.0 Å². The summed E-state index contributed by atoms with van der Waals surface area (Å²) in [6.45, 7) is 0. The summed E-state index contributed by atoms with van der Waals surface area (Å²) in [5.74, 6) is 0. The third-order valence-electron chi connectivity index (χ3n) is 19.5. The number of hydrogen-bond donors (Lipinski definition) is 0. The van der Waals surface area contributed by atoms with Gasteiger partial charge >= 0.3 is 0 Å². The number of benzene rings is 18.